The van der Waals surface area contributed by atoms with Crippen LogP contribution in [0.15, 0.2) is 24.3 Å². The summed E-state index contributed by atoms with van der Waals surface area (Å²) in [5.41, 5.74) is 1.13. The van der Waals surface area contributed by atoms with E-state index in [1.165, 1.54) is 22.3 Å². The third-order valence-corrected chi connectivity index (χ3v) is 4.67. The highest BCUT2D eigenvalue weighted by Gasteiger charge is 2.27. The molecule has 1 aromatic carbocycles. The third-order valence-electron chi connectivity index (χ3n) is 3.33. The molecule has 0 bridgehead atoms. The maximum Gasteiger partial charge on any atom is 0.292 e. The van der Waals surface area contributed by atoms with Gasteiger partial charge < -0.3 is 5.32 Å². The Kier molecular flexibility index (Phi) is 3.35. The number of hydrogen-bond donors (Lipinski definition) is 1. The van der Waals surface area contributed by atoms with Gasteiger partial charge >= 0.3 is 0 Å². The van der Waals surface area contributed by atoms with E-state index in [2.05, 4.69) is 5.32 Å². The third kappa shape index (κ3) is 2.36. The quantitative estimate of drug-likeness (QED) is 0.668. The zero-order chi connectivity index (χ0) is 14.3. The predicted octanol–water partition coefficient (Wildman–Crippen LogP) is 4.55. The Labute approximate surface area is 123 Å². The van der Waals surface area contributed by atoms with Gasteiger partial charge in [-0.05, 0) is 30.5 Å². The van der Waals surface area contributed by atoms with Gasteiger partial charge in [-0.3, -0.25) is 10.1 Å². The minimum absolute atomic E-state index is 0.0609. The topological polar surface area (TPSA) is 55.2 Å². The van der Waals surface area contributed by atoms with Crippen molar-refractivity contribution < 1.29 is 9.31 Å². The number of halogens is 2. The average Bonchev–Trinajstić information content (AvgIpc) is 2.90. The molecule has 104 valence electrons. The number of aryl methyl sites for hydroxylation is 1. The van der Waals surface area contributed by atoms with Crippen molar-refractivity contribution in [2.75, 3.05) is 5.32 Å². The first-order valence-corrected chi connectivity index (χ1v) is 7.22. The normalized spacial score (nSPS) is 17.0. The molecule has 20 heavy (non-hydrogen) atoms. The molecule has 7 heteroatoms. The Morgan fingerprint density at radius 1 is 1.45 bits per heavy atom. The molecule has 1 aliphatic carbocycles. The summed E-state index contributed by atoms with van der Waals surface area (Å²) in [6.07, 6.45) is 1.71. The maximum absolute atomic E-state index is 13.3. The molecule has 0 saturated carbocycles. The van der Waals surface area contributed by atoms with Crippen molar-refractivity contribution in [1.29, 1.82) is 0 Å². The summed E-state index contributed by atoms with van der Waals surface area (Å²) in [6, 6.07) is 5.23. The van der Waals surface area contributed by atoms with Crippen molar-refractivity contribution >= 4 is 34.3 Å². The zero-order valence-electron chi connectivity index (χ0n) is 10.2. The summed E-state index contributed by atoms with van der Waals surface area (Å²) in [4.78, 5) is 11.7. The molecule has 0 spiro atoms. The van der Waals surface area contributed by atoms with E-state index in [0.29, 0.717) is 4.34 Å². The second-order valence-electron chi connectivity index (χ2n) is 4.58. The Bertz CT molecular complexity index is 689. The molecule has 1 aromatic heterocycles. The summed E-state index contributed by atoms with van der Waals surface area (Å²) in [7, 11) is 0. The largest absolute Gasteiger partial charge is 0.373 e. The second-order valence-corrected chi connectivity index (χ2v) is 6.35. The van der Waals surface area contributed by atoms with Gasteiger partial charge in [-0.25, -0.2) is 4.39 Å². The molecule has 1 N–H and O–H groups in total. The van der Waals surface area contributed by atoms with Gasteiger partial charge in [0.1, 0.15) is 11.5 Å². The van der Waals surface area contributed by atoms with Crippen molar-refractivity contribution in [1.82, 2.24) is 0 Å². The predicted molar refractivity (Wildman–Crippen MR) is 77.1 cm³/mol. The number of anilines is 1. The van der Waals surface area contributed by atoms with Crippen LogP contribution in [0, 0.1) is 15.9 Å². The first kappa shape index (κ1) is 13.3. The number of nitro groups is 1. The molecule has 0 amide bonds. The van der Waals surface area contributed by atoms with Gasteiger partial charge in [0.25, 0.3) is 5.69 Å². The average molecular weight is 313 g/mol. The number of nitrogens with zero attached hydrogens (tertiary/aromatic N) is 1. The SMILES string of the molecule is O=[N+]([O-])c1ccc(F)cc1NC1CCc2sc(Cl)cc21. The van der Waals surface area contributed by atoms with Crippen LogP contribution in [0.2, 0.25) is 4.34 Å². The van der Waals surface area contributed by atoms with Crippen LogP contribution in [0.5, 0.6) is 0 Å². The molecule has 3 rings (SSSR count). The smallest absolute Gasteiger partial charge is 0.292 e. The van der Waals surface area contributed by atoms with Gasteiger partial charge in [-0.2, -0.15) is 0 Å². The molecule has 1 aliphatic rings. The fraction of sp³-hybridized carbons (Fsp3) is 0.231. The highest BCUT2D eigenvalue weighted by molar-refractivity contribution is 7.16. The molecule has 1 atom stereocenters. The monoisotopic (exact) mass is 312 g/mol. The molecule has 0 aliphatic heterocycles. The minimum Gasteiger partial charge on any atom is -0.373 e. The number of nitro benzene ring substituents is 1. The standard InChI is InChI=1S/C13H10ClFN2O2S/c14-13-6-8-9(2-4-12(8)20-13)16-10-5-7(15)1-3-11(10)17(18)19/h1,3,5-6,9,16H,2,4H2. The molecule has 1 unspecified atom stereocenters. The number of fused-ring (bicyclic) bond motifs is 1. The van der Waals surface area contributed by atoms with Gasteiger partial charge in [-0.15, -0.1) is 11.3 Å². The van der Waals surface area contributed by atoms with Gasteiger partial charge in [0.05, 0.1) is 15.3 Å². The van der Waals surface area contributed by atoms with E-state index in [1.807, 2.05) is 6.07 Å². The zero-order valence-corrected chi connectivity index (χ0v) is 11.8. The molecular formula is C13H10ClFN2O2S. The summed E-state index contributed by atoms with van der Waals surface area (Å²) in [5.74, 6) is -0.500. The lowest BCUT2D eigenvalue weighted by Gasteiger charge is -2.14. The molecule has 0 saturated heterocycles. The molecule has 0 radical (unpaired) electrons. The Morgan fingerprint density at radius 2 is 2.25 bits per heavy atom. The Balaban J connectivity index is 1.92. The molecule has 2 aromatic rings. The van der Waals surface area contributed by atoms with E-state index in [1.54, 1.807) is 0 Å². The molecule has 4 nitrogen and oxygen atoms in total. The number of thiophene rings is 1. The Morgan fingerprint density at radius 3 is 3.00 bits per heavy atom. The van der Waals surface area contributed by atoms with Crippen molar-refractivity contribution in [2.45, 2.75) is 18.9 Å². The van der Waals surface area contributed by atoms with Crippen molar-refractivity contribution in [3.8, 4) is 0 Å². The lowest BCUT2D eigenvalue weighted by molar-refractivity contribution is -0.384. The summed E-state index contributed by atoms with van der Waals surface area (Å²) in [6.45, 7) is 0. The number of hydrogen-bond acceptors (Lipinski definition) is 4. The maximum atomic E-state index is 13.3. The van der Waals surface area contributed by atoms with Crippen LogP contribution in [-0.2, 0) is 6.42 Å². The van der Waals surface area contributed by atoms with Crippen LogP contribution < -0.4 is 5.32 Å². The first-order chi connectivity index (χ1) is 9.54. The van der Waals surface area contributed by atoms with Gasteiger partial charge in [-0.1, -0.05) is 11.6 Å². The fourth-order valence-corrected chi connectivity index (χ4v) is 3.81. The Hall–Kier alpha value is -1.66. The van der Waals surface area contributed by atoms with Gasteiger partial charge in [0.2, 0.25) is 0 Å². The number of benzene rings is 1. The number of nitrogens with one attached hydrogen (secondary N) is 1. The van der Waals surface area contributed by atoms with Crippen LogP contribution in [0.25, 0.3) is 0 Å². The van der Waals surface area contributed by atoms with Crippen LogP contribution in [-0.4, -0.2) is 4.92 Å². The molecule has 1 heterocycles. The fourth-order valence-electron chi connectivity index (χ4n) is 2.45. The lowest BCUT2D eigenvalue weighted by atomic mass is 10.1. The van der Waals surface area contributed by atoms with Crippen molar-refractivity contribution in [2.24, 2.45) is 0 Å². The van der Waals surface area contributed by atoms with Gasteiger partial charge in [0, 0.05) is 17.0 Å². The van der Waals surface area contributed by atoms with Crippen LogP contribution in [0.3, 0.4) is 0 Å². The molecule has 0 fully saturated rings. The van der Waals surface area contributed by atoms with Crippen LogP contribution >= 0.6 is 22.9 Å². The lowest BCUT2D eigenvalue weighted by Crippen LogP contribution is -2.08. The van der Waals surface area contributed by atoms with E-state index >= 15 is 0 Å². The highest BCUT2D eigenvalue weighted by Crippen LogP contribution is 2.42. The highest BCUT2D eigenvalue weighted by atomic mass is 35.5. The summed E-state index contributed by atoms with van der Waals surface area (Å²) in [5, 5.41) is 14.0. The van der Waals surface area contributed by atoms with Crippen molar-refractivity contribution in [3.63, 3.8) is 0 Å². The minimum atomic E-state index is -0.516. The van der Waals surface area contributed by atoms with E-state index < -0.39 is 10.7 Å². The summed E-state index contributed by atoms with van der Waals surface area (Å²) >= 11 is 7.50. The van der Waals surface area contributed by atoms with Gasteiger partial charge in [0.15, 0.2) is 0 Å². The number of rotatable bonds is 3. The van der Waals surface area contributed by atoms with E-state index in [0.717, 1.165) is 30.5 Å². The van der Waals surface area contributed by atoms with E-state index in [-0.39, 0.29) is 17.4 Å². The first-order valence-electron chi connectivity index (χ1n) is 6.03. The van der Waals surface area contributed by atoms with E-state index in [4.69, 9.17) is 11.6 Å². The van der Waals surface area contributed by atoms with Crippen molar-refractivity contribution in [3.05, 3.63) is 55.0 Å². The summed E-state index contributed by atoms with van der Waals surface area (Å²) < 4.78 is 14.0. The van der Waals surface area contributed by atoms with Crippen LogP contribution in [0.1, 0.15) is 22.9 Å². The van der Waals surface area contributed by atoms with E-state index in [9.17, 15) is 14.5 Å². The second kappa shape index (κ2) is 5.03. The molecular weight excluding hydrogens is 303 g/mol. The van der Waals surface area contributed by atoms with Crippen LogP contribution in [0.4, 0.5) is 15.8 Å².